The van der Waals surface area contributed by atoms with Crippen molar-refractivity contribution in [2.24, 2.45) is 5.41 Å². The number of ether oxygens (including phenoxy) is 1. The Kier molecular flexibility index (Phi) is 3.94. The van der Waals surface area contributed by atoms with Gasteiger partial charge in [0.05, 0.1) is 12.5 Å². The first-order chi connectivity index (χ1) is 7.95. The summed E-state index contributed by atoms with van der Waals surface area (Å²) < 4.78 is 4.84. The first kappa shape index (κ1) is 13.3. The summed E-state index contributed by atoms with van der Waals surface area (Å²) in [6.07, 6.45) is 1.91. The molecular weight excluding hydrogens is 214 g/mol. The Morgan fingerprint density at radius 1 is 1.35 bits per heavy atom. The summed E-state index contributed by atoms with van der Waals surface area (Å²) in [4.78, 5) is 11.8. The van der Waals surface area contributed by atoms with Crippen molar-refractivity contribution in [1.29, 1.82) is 0 Å². The highest BCUT2D eigenvalue weighted by Crippen LogP contribution is 2.37. The second-order valence-electron chi connectivity index (χ2n) is 4.41. The van der Waals surface area contributed by atoms with Crippen molar-refractivity contribution >= 4 is 17.2 Å². The number of benzene rings is 1. The molecule has 1 aromatic rings. The number of rotatable bonds is 3. The minimum atomic E-state index is -0.709. The van der Waals surface area contributed by atoms with Gasteiger partial charge in [0.2, 0.25) is 0 Å². The Hall–Kier alpha value is -1.77. The van der Waals surface area contributed by atoms with Crippen LogP contribution in [0.1, 0.15) is 26.3 Å². The van der Waals surface area contributed by atoms with Gasteiger partial charge in [-0.2, -0.15) is 0 Å². The maximum Gasteiger partial charge on any atom is 0.315 e. The lowest BCUT2D eigenvalue weighted by molar-refractivity contribution is -0.147. The van der Waals surface area contributed by atoms with E-state index in [0.29, 0.717) is 5.69 Å². The lowest BCUT2D eigenvalue weighted by Crippen LogP contribution is -2.27. The fraction of sp³-hybridized carbons (Fsp3) is 0.357. The molecule has 0 aromatic heterocycles. The first-order valence-corrected chi connectivity index (χ1v) is 5.55. The van der Waals surface area contributed by atoms with Gasteiger partial charge >= 0.3 is 5.97 Å². The number of carbonyl (C=O) groups excluding carboxylic acids is 1. The van der Waals surface area contributed by atoms with E-state index in [1.807, 2.05) is 51.1 Å². The van der Waals surface area contributed by atoms with Crippen LogP contribution in [0.25, 0.3) is 5.57 Å². The van der Waals surface area contributed by atoms with Gasteiger partial charge in [-0.3, -0.25) is 4.79 Å². The predicted molar refractivity (Wildman–Crippen MR) is 70.3 cm³/mol. The average Bonchev–Trinajstić information content (AvgIpc) is 2.31. The fourth-order valence-corrected chi connectivity index (χ4v) is 1.96. The van der Waals surface area contributed by atoms with Crippen molar-refractivity contribution in [3.63, 3.8) is 0 Å². The summed E-state index contributed by atoms with van der Waals surface area (Å²) in [6, 6.07) is 7.52. The van der Waals surface area contributed by atoms with E-state index in [4.69, 9.17) is 10.5 Å². The quantitative estimate of drug-likeness (QED) is 0.645. The molecular formula is C14H19NO2. The van der Waals surface area contributed by atoms with Crippen LogP contribution >= 0.6 is 0 Å². The van der Waals surface area contributed by atoms with Crippen LogP contribution in [0.2, 0.25) is 0 Å². The third-order valence-electron chi connectivity index (χ3n) is 2.91. The van der Waals surface area contributed by atoms with Gasteiger partial charge in [-0.05, 0) is 32.4 Å². The number of carbonyl (C=O) groups is 1. The fourth-order valence-electron chi connectivity index (χ4n) is 1.96. The lowest BCUT2D eigenvalue weighted by Gasteiger charge is -2.26. The highest BCUT2D eigenvalue weighted by molar-refractivity contribution is 5.94. The van der Waals surface area contributed by atoms with E-state index in [2.05, 4.69) is 0 Å². The second-order valence-corrected chi connectivity index (χ2v) is 4.41. The molecule has 0 spiro atoms. The molecule has 3 heteroatoms. The Morgan fingerprint density at radius 3 is 2.41 bits per heavy atom. The number of para-hydroxylation sites is 1. The topological polar surface area (TPSA) is 52.3 Å². The molecule has 1 aromatic carbocycles. The molecule has 0 fully saturated rings. The molecule has 0 radical (unpaired) electrons. The number of hydrogen-bond donors (Lipinski definition) is 1. The van der Waals surface area contributed by atoms with Crippen LogP contribution in [0.3, 0.4) is 0 Å². The van der Waals surface area contributed by atoms with Crippen molar-refractivity contribution in [1.82, 2.24) is 0 Å². The second kappa shape index (κ2) is 5.04. The molecule has 3 nitrogen and oxygen atoms in total. The van der Waals surface area contributed by atoms with Crippen molar-refractivity contribution in [3.05, 3.63) is 35.9 Å². The SMILES string of the molecule is CC=C(c1ccccc1N)C(C)(C)C(=O)OC. The Labute approximate surface area is 102 Å². The van der Waals surface area contributed by atoms with Crippen LogP contribution in [0.15, 0.2) is 30.3 Å². The number of nitrogens with two attached hydrogens (primary N) is 1. The van der Waals surface area contributed by atoms with E-state index >= 15 is 0 Å². The number of methoxy groups -OCH3 is 1. The van der Waals surface area contributed by atoms with Gasteiger partial charge in [0.15, 0.2) is 0 Å². The van der Waals surface area contributed by atoms with Crippen LogP contribution in [0, 0.1) is 5.41 Å². The summed E-state index contributed by atoms with van der Waals surface area (Å²) >= 11 is 0. The molecule has 17 heavy (non-hydrogen) atoms. The van der Waals surface area contributed by atoms with E-state index in [9.17, 15) is 4.79 Å². The van der Waals surface area contributed by atoms with Gasteiger partial charge < -0.3 is 10.5 Å². The lowest BCUT2D eigenvalue weighted by atomic mass is 9.79. The van der Waals surface area contributed by atoms with E-state index in [1.165, 1.54) is 7.11 Å². The standard InChI is InChI=1S/C14H19NO2/c1-5-11(14(2,3)13(16)17-4)10-8-6-7-9-12(10)15/h5-9H,15H2,1-4H3. The van der Waals surface area contributed by atoms with E-state index in [-0.39, 0.29) is 5.97 Å². The van der Waals surface area contributed by atoms with Crippen molar-refractivity contribution < 1.29 is 9.53 Å². The summed E-state index contributed by atoms with van der Waals surface area (Å²) in [7, 11) is 1.39. The van der Waals surface area contributed by atoms with Gasteiger partial charge in [0.1, 0.15) is 0 Å². The number of allylic oxidation sites excluding steroid dienone is 1. The average molecular weight is 233 g/mol. The maximum atomic E-state index is 11.8. The minimum absolute atomic E-state index is 0.270. The predicted octanol–water partition coefficient (Wildman–Crippen LogP) is 2.87. The third-order valence-corrected chi connectivity index (χ3v) is 2.91. The van der Waals surface area contributed by atoms with Gasteiger partial charge in [-0.1, -0.05) is 24.3 Å². The Bertz CT molecular complexity index is 447. The molecule has 0 aliphatic rings. The van der Waals surface area contributed by atoms with E-state index in [0.717, 1.165) is 11.1 Å². The molecule has 0 saturated carbocycles. The van der Waals surface area contributed by atoms with E-state index in [1.54, 1.807) is 0 Å². The molecule has 0 unspecified atom stereocenters. The Morgan fingerprint density at radius 2 is 1.94 bits per heavy atom. The molecule has 0 amide bonds. The van der Waals surface area contributed by atoms with Crippen LogP contribution in [-0.4, -0.2) is 13.1 Å². The zero-order chi connectivity index (χ0) is 13.1. The van der Waals surface area contributed by atoms with Crippen molar-refractivity contribution in [2.75, 3.05) is 12.8 Å². The summed E-state index contributed by atoms with van der Waals surface area (Å²) in [6.45, 7) is 5.56. The number of anilines is 1. The third kappa shape index (κ3) is 2.49. The molecule has 0 bridgehead atoms. The largest absolute Gasteiger partial charge is 0.468 e. The molecule has 2 N–H and O–H groups in total. The normalized spacial score (nSPS) is 12.4. The van der Waals surface area contributed by atoms with Gasteiger partial charge in [-0.25, -0.2) is 0 Å². The van der Waals surface area contributed by atoms with Gasteiger partial charge in [-0.15, -0.1) is 0 Å². The molecule has 0 heterocycles. The number of hydrogen-bond acceptors (Lipinski definition) is 3. The summed E-state index contributed by atoms with van der Waals surface area (Å²) in [5, 5.41) is 0. The first-order valence-electron chi connectivity index (χ1n) is 5.55. The zero-order valence-corrected chi connectivity index (χ0v) is 10.8. The van der Waals surface area contributed by atoms with Crippen molar-refractivity contribution in [3.8, 4) is 0 Å². The van der Waals surface area contributed by atoms with E-state index < -0.39 is 5.41 Å². The molecule has 0 atom stereocenters. The zero-order valence-electron chi connectivity index (χ0n) is 10.8. The monoisotopic (exact) mass is 233 g/mol. The number of nitrogen functional groups attached to an aromatic ring is 1. The number of esters is 1. The summed E-state index contributed by atoms with van der Waals surface area (Å²) in [5.74, 6) is -0.270. The molecule has 0 aliphatic heterocycles. The molecule has 0 aliphatic carbocycles. The highest BCUT2D eigenvalue weighted by Gasteiger charge is 2.34. The highest BCUT2D eigenvalue weighted by atomic mass is 16.5. The van der Waals surface area contributed by atoms with Crippen LogP contribution in [-0.2, 0) is 9.53 Å². The van der Waals surface area contributed by atoms with Gasteiger partial charge in [0.25, 0.3) is 0 Å². The summed E-state index contributed by atoms with van der Waals surface area (Å²) in [5.41, 5.74) is 7.65. The van der Waals surface area contributed by atoms with Crippen molar-refractivity contribution in [2.45, 2.75) is 20.8 Å². The van der Waals surface area contributed by atoms with Crippen LogP contribution < -0.4 is 5.73 Å². The smallest absolute Gasteiger partial charge is 0.315 e. The maximum absolute atomic E-state index is 11.8. The molecule has 1 rings (SSSR count). The van der Waals surface area contributed by atoms with Crippen LogP contribution in [0.5, 0.6) is 0 Å². The van der Waals surface area contributed by atoms with Gasteiger partial charge in [0, 0.05) is 11.3 Å². The van der Waals surface area contributed by atoms with Crippen LogP contribution in [0.4, 0.5) is 5.69 Å². The minimum Gasteiger partial charge on any atom is -0.468 e. The Balaban J connectivity index is 3.27. The molecule has 0 saturated heterocycles. The molecule has 92 valence electrons.